The molecule has 1 aliphatic rings. The van der Waals surface area contributed by atoms with E-state index in [0.717, 1.165) is 31.8 Å². The normalized spacial score (nSPS) is 16.1. The lowest BCUT2D eigenvalue weighted by atomic mass is 10.00. The molecule has 0 unspecified atom stereocenters. The van der Waals surface area contributed by atoms with Crippen LogP contribution in [0.3, 0.4) is 0 Å². The molecule has 1 aromatic carbocycles. The Bertz CT molecular complexity index is 513. The molecule has 0 aliphatic carbocycles. The summed E-state index contributed by atoms with van der Waals surface area (Å²) in [4.78, 5) is 17.9. The predicted octanol–water partition coefficient (Wildman–Crippen LogP) is 2.43. The summed E-state index contributed by atoms with van der Waals surface area (Å²) >= 11 is 0. The second-order valence-corrected chi connectivity index (χ2v) is 5.40. The maximum Gasteiger partial charge on any atom is 0.246 e. The van der Waals surface area contributed by atoms with Crippen molar-refractivity contribution in [2.75, 3.05) is 25.0 Å². The van der Waals surface area contributed by atoms with Gasteiger partial charge in [-0.3, -0.25) is 4.79 Å². The number of nitrogens with one attached hydrogen (secondary N) is 1. The van der Waals surface area contributed by atoms with E-state index in [4.69, 9.17) is 5.73 Å². The van der Waals surface area contributed by atoms with Crippen molar-refractivity contribution < 1.29 is 9.18 Å². The molecule has 0 radical (unpaired) electrons. The average molecular weight is 420 g/mol. The molecule has 1 aromatic rings. The Morgan fingerprint density at radius 3 is 2.55 bits per heavy atom. The quantitative estimate of drug-likeness (QED) is 0.449. The first-order valence-electron chi connectivity index (χ1n) is 7.15. The Morgan fingerprint density at radius 1 is 1.36 bits per heavy atom. The van der Waals surface area contributed by atoms with E-state index in [2.05, 4.69) is 17.2 Å². The first-order valence-corrected chi connectivity index (χ1v) is 7.15. The van der Waals surface area contributed by atoms with Crippen molar-refractivity contribution in [3.05, 3.63) is 30.1 Å². The predicted molar refractivity (Wildman–Crippen MR) is 96.9 cm³/mol. The number of nitrogens with two attached hydrogens (primary N) is 1. The molecule has 122 valence electrons. The lowest BCUT2D eigenvalue weighted by Gasteiger charge is -2.30. The zero-order chi connectivity index (χ0) is 15.2. The summed E-state index contributed by atoms with van der Waals surface area (Å²) in [5.74, 6) is 0.525. The molecule has 22 heavy (non-hydrogen) atoms. The number of carbonyl (C=O) groups excluding carboxylic acids is 1. The molecule has 0 atom stereocenters. The van der Waals surface area contributed by atoms with Gasteiger partial charge in [-0.2, -0.15) is 0 Å². The van der Waals surface area contributed by atoms with Gasteiger partial charge in [-0.15, -0.1) is 24.0 Å². The van der Waals surface area contributed by atoms with Crippen LogP contribution in [-0.2, 0) is 4.79 Å². The number of likely N-dealkylation sites (tertiary alicyclic amines) is 1. The number of nitrogens with zero attached hydrogens (tertiary/aromatic N) is 2. The molecule has 1 aliphatic heterocycles. The SMILES string of the molecule is CC1CCN(C(N)=NCC(=O)Nc2ccc(F)cc2)CC1.I. The Labute approximate surface area is 147 Å². The van der Waals surface area contributed by atoms with Crippen molar-refractivity contribution >= 4 is 41.5 Å². The van der Waals surface area contributed by atoms with Crippen LogP contribution in [0.4, 0.5) is 10.1 Å². The van der Waals surface area contributed by atoms with Gasteiger partial charge in [0.15, 0.2) is 5.96 Å². The molecule has 0 spiro atoms. The molecule has 7 heteroatoms. The molecule has 1 heterocycles. The minimum Gasteiger partial charge on any atom is -0.370 e. The number of carbonyl (C=O) groups is 1. The van der Waals surface area contributed by atoms with E-state index in [0.29, 0.717) is 11.6 Å². The van der Waals surface area contributed by atoms with E-state index in [1.807, 2.05) is 4.90 Å². The summed E-state index contributed by atoms with van der Waals surface area (Å²) in [7, 11) is 0. The second-order valence-electron chi connectivity index (χ2n) is 5.40. The Balaban J connectivity index is 0.00000242. The van der Waals surface area contributed by atoms with E-state index in [9.17, 15) is 9.18 Å². The number of halogens is 2. The summed E-state index contributed by atoms with van der Waals surface area (Å²) in [6.45, 7) is 3.96. The van der Waals surface area contributed by atoms with Crippen LogP contribution in [0.15, 0.2) is 29.3 Å². The van der Waals surface area contributed by atoms with Crippen molar-refractivity contribution in [3.8, 4) is 0 Å². The molecular weight excluding hydrogens is 398 g/mol. The van der Waals surface area contributed by atoms with Crippen molar-refractivity contribution in [1.29, 1.82) is 0 Å². The number of rotatable bonds is 3. The van der Waals surface area contributed by atoms with Crippen molar-refractivity contribution in [1.82, 2.24) is 4.90 Å². The average Bonchev–Trinajstić information content (AvgIpc) is 2.48. The van der Waals surface area contributed by atoms with E-state index in [-0.39, 0.29) is 42.2 Å². The standard InChI is InChI=1S/C15H21FN4O.HI/c1-11-6-8-20(9-7-11)15(17)18-10-14(21)19-13-4-2-12(16)3-5-13;/h2-5,11H,6-10H2,1H3,(H2,17,18)(H,19,21);1H. The second kappa shape index (κ2) is 8.92. The molecule has 0 aromatic heterocycles. The van der Waals surface area contributed by atoms with Crippen LogP contribution >= 0.6 is 24.0 Å². The van der Waals surface area contributed by atoms with Gasteiger partial charge in [0.1, 0.15) is 12.4 Å². The van der Waals surface area contributed by atoms with Gasteiger partial charge in [0.2, 0.25) is 5.91 Å². The van der Waals surface area contributed by atoms with Crippen LogP contribution < -0.4 is 11.1 Å². The summed E-state index contributed by atoms with van der Waals surface area (Å²) in [5.41, 5.74) is 6.45. The number of hydrogen-bond donors (Lipinski definition) is 2. The fraction of sp³-hybridized carbons (Fsp3) is 0.467. The number of hydrogen-bond acceptors (Lipinski definition) is 2. The third-order valence-electron chi connectivity index (χ3n) is 3.62. The number of aliphatic imine (C=N–C) groups is 1. The monoisotopic (exact) mass is 420 g/mol. The minimum absolute atomic E-state index is 0. The number of amides is 1. The molecule has 0 saturated carbocycles. The maximum atomic E-state index is 12.8. The summed E-state index contributed by atoms with van der Waals surface area (Å²) in [5, 5.41) is 2.65. The number of anilines is 1. The van der Waals surface area contributed by atoms with Gasteiger partial charge in [-0.25, -0.2) is 9.38 Å². The van der Waals surface area contributed by atoms with Crippen molar-refractivity contribution in [2.45, 2.75) is 19.8 Å². The Kier molecular flexibility index (Phi) is 7.57. The minimum atomic E-state index is -0.338. The lowest BCUT2D eigenvalue weighted by Crippen LogP contribution is -2.42. The van der Waals surface area contributed by atoms with Gasteiger partial charge in [0.05, 0.1) is 0 Å². The number of benzene rings is 1. The molecule has 1 saturated heterocycles. The van der Waals surface area contributed by atoms with Crippen LogP contribution in [0.25, 0.3) is 0 Å². The third-order valence-corrected chi connectivity index (χ3v) is 3.62. The Morgan fingerprint density at radius 2 is 1.95 bits per heavy atom. The molecule has 1 fully saturated rings. The molecular formula is C15H22FIN4O. The zero-order valence-corrected chi connectivity index (χ0v) is 14.9. The smallest absolute Gasteiger partial charge is 0.246 e. The summed E-state index contributed by atoms with van der Waals surface area (Å²) in [6, 6.07) is 5.60. The largest absolute Gasteiger partial charge is 0.370 e. The van der Waals surface area contributed by atoms with E-state index < -0.39 is 0 Å². The fourth-order valence-electron chi connectivity index (χ4n) is 2.22. The fourth-order valence-corrected chi connectivity index (χ4v) is 2.22. The summed E-state index contributed by atoms with van der Waals surface area (Å²) in [6.07, 6.45) is 2.19. The van der Waals surface area contributed by atoms with Crippen LogP contribution in [-0.4, -0.2) is 36.4 Å². The van der Waals surface area contributed by atoms with Gasteiger partial charge in [-0.05, 0) is 43.0 Å². The molecule has 5 nitrogen and oxygen atoms in total. The first kappa shape index (κ1) is 18.7. The summed E-state index contributed by atoms with van der Waals surface area (Å²) < 4.78 is 12.8. The van der Waals surface area contributed by atoms with E-state index in [1.54, 1.807) is 0 Å². The van der Waals surface area contributed by atoms with Gasteiger partial charge in [0.25, 0.3) is 0 Å². The van der Waals surface area contributed by atoms with Crippen LogP contribution in [0, 0.1) is 11.7 Å². The van der Waals surface area contributed by atoms with Crippen LogP contribution in [0.2, 0.25) is 0 Å². The zero-order valence-electron chi connectivity index (χ0n) is 12.6. The van der Waals surface area contributed by atoms with E-state index in [1.165, 1.54) is 24.3 Å². The van der Waals surface area contributed by atoms with E-state index >= 15 is 0 Å². The molecule has 1 amide bonds. The lowest BCUT2D eigenvalue weighted by molar-refractivity contribution is -0.114. The van der Waals surface area contributed by atoms with Crippen LogP contribution in [0.1, 0.15) is 19.8 Å². The maximum absolute atomic E-state index is 12.8. The Hall–Kier alpha value is -1.38. The van der Waals surface area contributed by atoms with Crippen molar-refractivity contribution in [2.24, 2.45) is 16.6 Å². The highest BCUT2D eigenvalue weighted by Gasteiger charge is 2.17. The van der Waals surface area contributed by atoms with Gasteiger partial charge in [-0.1, -0.05) is 6.92 Å². The highest BCUT2D eigenvalue weighted by atomic mass is 127. The van der Waals surface area contributed by atoms with Gasteiger partial charge >= 0.3 is 0 Å². The first-order chi connectivity index (χ1) is 10.0. The molecule has 0 bridgehead atoms. The van der Waals surface area contributed by atoms with Gasteiger partial charge in [0, 0.05) is 18.8 Å². The topological polar surface area (TPSA) is 70.7 Å². The number of piperidine rings is 1. The third kappa shape index (κ3) is 5.78. The molecule has 3 N–H and O–H groups in total. The molecule has 2 rings (SSSR count). The van der Waals surface area contributed by atoms with Crippen molar-refractivity contribution in [3.63, 3.8) is 0 Å². The highest BCUT2D eigenvalue weighted by molar-refractivity contribution is 14.0. The van der Waals surface area contributed by atoms with Gasteiger partial charge < -0.3 is 16.0 Å². The van der Waals surface area contributed by atoms with Crippen LogP contribution in [0.5, 0.6) is 0 Å². The highest BCUT2D eigenvalue weighted by Crippen LogP contribution is 2.15. The number of guanidine groups is 1.